The van der Waals surface area contributed by atoms with Gasteiger partial charge in [-0.05, 0) is 60.4 Å². The summed E-state index contributed by atoms with van der Waals surface area (Å²) in [6, 6.07) is 2.59. The van der Waals surface area contributed by atoms with Crippen molar-refractivity contribution in [2.75, 3.05) is 6.61 Å². The molecule has 1 aliphatic heterocycles. The lowest BCUT2D eigenvalue weighted by Crippen LogP contribution is -2.48. The molecule has 1 aromatic heterocycles. The van der Waals surface area contributed by atoms with Crippen LogP contribution in [0.2, 0.25) is 0 Å². The van der Waals surface area contributed by atoms with E-state index in [1.807, 2.05) is 0 Å². The molecule has 2 unspecified atom stereocenters. The molecule has 0 bridgehead atoms. The fourth-order valence-electron chi connectivity index (χ4n) is 3.80. The van der Waals surface area contributed by atoms with Gasteiger partial charge in [0.15, 0.2) is 0 Å². The second-order valence-corrected chi connectivity index (χ2v) is 6.88. The van der Waals surface area contributed by atoms with Crippen LogP contribution in [0.1, 0.15) is 44.1 Å². The van der Waals surface area contributed by atoms with Gasteiger partial charge in [-0.1, -0.05) is 12.8 Å². The Bertz CT molecular complexity index is 387. The molecule has 1 aromatic rings. The molecular formula is C15H24N2OS. The summed E-state index contributed by atoms with van der Waals surface area (Å²) in [5.74, 6) is 6.47. The first kappa shape index (κ1) is 13.6. The zero-order chi connectivity index (χ0) is 13.1. The Labute approximate surface area is 119 Å². The molecule has 2 aliphatic rings. The Morgan fingerprint density at radius 3 is 3.00 bits per heavy atom. The van der Waals surface area contributed by atoms with Gasteiger partial charge in [-0.3, -0.25) is 11.3 Å². The first-order valence-electron chi connectivity index (χ1n) is 7.42. The van der Waals surface area contributed by atoms with Gasteiger partial charge in [0.25, 0.3) is 0 Å². The van der Waals surface area contributed by atoms with Crippen LogP contribution in [0.25, 0.3) is 0 Å². The second kappa shape index (κ2) is 5.92. The predicted octanol–water partition coefficient (Wildman–Crippen LogP) is 2.86. The summed E-state index contributed by atoms with van der Waals surface area (Å²) < 4.78 is 6.12. The summed E-state index contributed by atoms with van der Waals surface area (Å²) >= 11 is 1.76. The maximum atomic E-state index is 6.12. The minimum absolute atomic E-state index is 0.187. The van der Waals surface area contributed by atoms with E-state index in [1.165, 1.54) is 37.7 Å². The van der Waals surface area contributed by atoms with E-state index in [0.29, 0.717) is 12.0 Å². The molecule has 1 saturated carbocycles. The Morgan fingerprint density at radius 2 is 2.32 bits per heavy atom. The highest BCUT2D eigenvalue weighted by atomic mass is 32.1. The van der Waals surface area contributed by atoms with Gasteiger partial charge in [0, 0.05) is 12.6 Å². The molecule has 19 heavy (non-hydrogen) atoms. The first-order valence-corrected chi connectivity index (χ1v) is 8.37. The molecule has 1 aliphatic carbocycles. The van der Waals surface area contributed by atoms with Gasteiger partial charge in [-0.2, -0.15) is 11.3 Å². The summed E-state index contributed by atoms with van der Waals surface area (Å²) in [5.41, 5.74) is 4.66. The molecular weight excluding hydrogens is 256 g/mol. The quantitative estimate of drug-likeness (QED) is 0.658. The highest BCUT2D eigenvalue weighted by Gasteiger charge is 2.41. The van der Waals surface area contributed by atoms with Crippen molar-refractivity contribution in [3.63, 3.8) is 0 Å². The lowest BCUT2D eigenvalue weighted by molar-refractivity contribution is -0.0978. The van der Waals surface area contributed by atoms with E-state index in [1.54, 1.807) is 11.3 Å². The summed E-state index contributed by atoms with van der Waals surface area (Å²) in [4.78, 5) is 0. The Kier molecular flexibility index (Phi) is 4.22. The Morgan fingerprint density at radius 1 is 1.47 bits per heavy atom. The predicted molar refractivity (Wildman–Crippen MR) is 79.0 cm³/mol. The molecule has 3 rings (SSSR count). The van der Waals surface area contributed by atoms with Crippen LogP contribution in [0.15, 0.2) is 16.8 Å². The van der Waals surface area contributed by atoms with Crippen LogP contribution in [0.3, 0.4) is 0 Å². The van der Waals surface area contributed by atoms with Crippen LogP contribution in [-0.2, 0) is 11.2 Å². The maximum Gasteiger partial charge on any atom is 0.0685 e. The minimum Gasteiger partial charge on any atom is -0.375 e. The Hall–Kier alpha value is -0.420. The van der Waals surface area contributed by atoms with Crippen molar-refractivity contribution >= 4 is 11.3 Å². The van der Waals surface area contributed by atoms with Gasteiger partial charge < -0.3 is 4.74 Å². The number of ether oxygens (including phenoxy) is 1. The van der Waals surface area contributed by atoms with Crippen LogP contribution in [0.4, 0.5) is 0 Å². The molecule has 3 nitrogen and oxygen atoms in total. The molecule has 2 atom stereocenters. The van der Waals surface area contributed by atoms with Gasteiger partial charge >= 0.3 is 0 Å². The van der Waals surface area contributed by atoms with E-state index in [-0.39, 0.29) is 5.60 Å². The maximum absolute atomic E-state index is 6.12. The SMILES string of the molecule is NNC(Cc1ccsc1)C1CCOC2(CCCC2)C1. The van der Waals surface area contributed by atoms with Crippen molar-refractivity contribution in [2.45, 2.75) is 56.6 Å². The standard InChI is InChI=1S/C15H24N2OS/c16-17-14(9-12-4-8-19-11-12)13-3-7-18-15(10-13)5-1-2-6-15/h4,8,11,13-14,17H,1-3,5-7,9-10,16H2. The van der Waals surface area contributed by atoms with Crippen LogP contribution >= 0.6 is 11.3 Å². The van der Waals surface area contributed by atoms with Crippen molar-refractivity contribution in [3.05, 3.63) is 22.4 Å². The molecule has 1 saturated heterocycles. The number of hydrazine groups is 1. The average Bonchev–Trinajstić information content (AvgIpc) is 3.08. The zero-order valence-electron chi connectivity index (χ0n) is 11.4. The van der Waals surface area contributed by atoms with Crippen LogP contribution in [-0.4, -0.2) is 18.2 Å². The van der Waals surface area contributed by atoms with E-state index in [0.717, 1.165) is 19.4 Å². The summed E-state index contributed by atoms with van der Waals surface area (Å²) in [5, 5.41) is 4.38. The lowest BCUT2D eigenvalue weighted by atomic mass is 9.79. The van der Waals surface area contributed by atoms with E-state index in [9.17, 15) is 0 Å². The number of rotatable bonds is 4. The number of nitrogens with two attached hydrogens (primary N) is 1. The molecule has 3 N–H and O–H groups in total. The number of thiophene rings is 1. The average molecular weight is 280 g/mol. The fraction of sp³-hybridized carbons (Fsp3) is 0.733. The third kappa shape index (κ3) is 3.02. The summed E-state index contributed by atoms with van der Waals surface area (Å²) in [6.45, 7) is 0.909. The van der Waals surface area contributed by atoms with E-state index < -0.39 is 0 Å². The second-order valence-electron chi connectivity index (χ2n) is 6.10. The third-order valence-electron chi connectivity index (χ3n) is 4.86. The van der Waals surface area contributed by atoms with E-state index in [2.05, 4.69) is 22.3 Å². The smallest absolute Gasteiger partial charge is 0.0685 e. The number of nitrogens with one attached hydrogen (secondary N) is 1. The van der Waals surface area contributed by atoms with Crippen LogP contribution in [0, 0.1) is 5.92 Å². The van der Waals surface area contributed by atoms with Crippen molar-refractivity contribution in [1.82, 2.24) is 5.43 Å². The lowest BCUT2D eigenvalue weighted by Gasteiger charge is -2.41. The highest BCUT2D eigenvalue weighted by Crippen LogP contribution is 2.43. The van der Waals surface area contributed by atoms with Gasteiger partial charge in [0.05, 0.1) is 5.60 Å². The summed E-state index contributed by atoms with van der Waals surface area (Å²) in [6.07, 6.45) is 8.53. The van der Waals surface area contributed by atoms with E-state index >= 15 is 0 Å². The molecule has 2 fully saturated rings. The van der Waals surface area contributed by atoms with E-state index in [4.69, 9.17) is 10.6 Å². The van der Waals surface area contributed by atoms with Crippen molar-refractivity contribution in [2.24, 2.45) is 11.8 Å². The molecule has 0 amide bonds. The first-order chi connectivity index (χ1) is 9.31. The summed E-state index contributed by atoms with van der Waals surface area (Å²) in [7, 11) is 0. The van der Waals surface area contributed by atoms with Gasteiger partial charge in [0.1, 0.15) is 0 Å². The van der Waals surface area contributed by atoms with Crippen LogP contribution in [0.5, 0.6) is 0 Å². The van der Waals surface area contributed by atoms with Gasteiger partial charge in [-0.25, -0.2) is 0 Å². The topological polar surface area (TPSA) is 47.3 Å². The number of hydrogen-bond donors (Lipinski definition) is 2. The number of hydrogen-bond acceptors (Lipinski definition) is 4. The van der Waals surface area contributed by atoms with Crippen molar-refractivity contribution < 1.29 is 4.74 Å². The zero-order valence-corrected chi connectivity index (χ0v) is 12.3. The normalized spacial score (nSPS) is 27.7. The molecule has 0 radical (unpaired) electrons. The van der Waals surface area contributed by atoms with Gasteiger partial charge in [-0.15, -0.1) is 0 Å². The Balaban J connectivity index is 1.65. The highest BCUT2D eigenvalue weighted by molar-refractivity contribution is 7.07. The molecule has 1 spiro atoms. The molecule has 106 valence electrons. The third-order valence-corrected chi connectivity index (χ3v) is 5.60. The van der Waals surface area contributed by atoms with Gasteiger partial charge in [0.2, 0.25) is 0 Å². The monoisotopic (exact) mass is 280 g/mol. The van der Waals surface area contributed by atoms with Crippen molar-refractivity contribution in [1.29, 1.82) is 0 Å². The van der Waals surface area contributed by atoms with Crippen LogP contribution < -0.4 is 11.3 Å². The van der Waals surface area contributed by atoms with Crippen molar-refractivity contribution in [3.8, 4) is 0 Å². The molecule has 2 heterocycles. The largest absolute Gasteiger partial charge is 0.375 e. The fourth-order valence-corrected chi connectivity index (χ4v) is 4.48. The molecule has 0 aromatic carbocycles. The minimum atomic E-state index is 0.187. The molecule has 4 heteroatoms.